The summed E-state index contributed by atoms with van der Waals surface area (Å²) in [6, 6.07) is 21.4. The largest absolute Gasteiger partial charge is 0.454 e. The number of imide groups is 1. The van der Waals surface area contributed by atoms with E-state index in [-0.39, 0.29) is 25.2 Å². The number of thioether (sulfide) groups is 1. The zero-order valence-corrected chi connectivity index (χ0v) is 19.3. The second kappa shape index (κ2) is 8.79. The Kier molecular flexibility index (Phi) is 5.68. The van der Waals surface area contributed by atoms with Gasteiger partial charge in [-0.15, -0.1) is 11.8 Å². The highest BCUT2D eigenvalue weighted by Crippen LogP contribution is 2.40. The normalized spacial score (nSPS) is 15.0. The Balaban J connectivity index is 1.48. The van der Waals surface area contributed by atoms with Gasteiger partial charge in [0, 0.05) is 5.75 Å². The second-order valence-electron chi connectivity index (χ2n) is 8.18. The van der Waals surface area contributed by atoms with Gasteiger partial charge in [0.05, 0.1) is 17.0 Å². The molecule has 0 unspecified atom stereocenters. The molecular weight excluding hydrogens is 434 g/mol. The average molecular weight is 458 g/mol. The minimum absolute atomic E-state index is 0.179. The molecule has 0 atom stereocenters. The van der Waals surface area contributed by atoms with Gasteiger partial charge < -0.3 is 9.47 Å². The molecule has 0 spiro atoms. The highest BCUT2D eigenvalue weighted by atomic mass is 32.2. The lowest BCUT2D eigenvalue weighted by molar-refractivity contribution is -0.137. The van der Waals surface area contributed by atoms with Gasteiger partial charge in [0.1, 0.15) is 0 Å². The first kappa shape index (κ1) is 21.3. The number of aryl methyl sites for hydroxylation is 2. The highest BCUT2D eigenvalue weighted by Gasteiger charge is 2.39. The third-order valence-corrected chi connectivity index (χ3v) is 6.93. The number of benzene rings is 3. The van der Waals surface area contributed by atoms with Crippen molar-refractivity contribution in [2.45, 2.75) is 26.1 Å². The minimum Gasteiger partial charge on any atom is -0.454 e. The molecule has 2 aliphatic heterocycles. The van der Waals surface area contributed by atoms with Gasteiger partial charge in [-0.1, -0.05) is 60.2 Å². The van der Waals surface area contributed by atoms with E-state index in [4.69, 9.17) is 9.47 Å². The summed E-state index contributed by atoms with van der Waals surface area (Å²) in [5.74, 6) is 1.40. The molecule has 0 aliphatic carbocycles. The highest BCUT2D eigenvalue weighted by molar-refractivity contribution is 8.03. The van der Waals surface area contributed by atoms with Crippen LogP contribution in [0.1, 0.15) is 27.8 Å². The number of hydrogen-bond acceptors (Lipinski definition) is 5. The molecule has 0 N–H and O–H groups in total. The molecule has 6 heteroatoms. The lowest BCUT2D eigenvalue weighted by Crippen LogP contribution is -2.31. The number of nitrogens with zero attached hydrogens (tertiary/aromatic N) is 1. The molecule has 0 bridgehead atoms. The van der Waals surface area contributed by atoms with Crippen molar-refractivity contribution >= 4 is 29.1 Å². The molecular formula is C27H23NO4S. The van der Waals surface area contributed by atoms with Crippen LogP contribution in [0.2, 0.25) is 0 Å². The lowest BCUT2D eigenvalue weighted by Gasteiger charge is -2.16. The molecule has 0 saturated carbocycles. The van der Waals surface area contributed by atoms with E-state index >= 15 is 0 Å². The molecule has 0 radical (unpaired) electrons. The molecule has 166 valence electrons. The van der Waals surface area contributed by atoms with E-state index in [1.807, 2.05) is 80.6 Å². The standard InChI is InChI=1S/C27H23NO4S/c1-17-8-10-21(18(2)12-17)24-25(33-15-19-6-4-3-5-7-19)27(30)28(26(24)29)14-20-9-11-22-23(13-20)32-16-31-22/h3-13H,14-16H2,1-2H3. The predicted octanol–water partition coefficient (Wildman–Crippen LogP) is 5.25. The van der Waals surface area contributed by atoms with Gasteiger partial charge in [0.15, 0.2) is 11.5 Å². The topological polar surface area (TPSA) is 55.8 Å². The van der Waals surface area contributed by atoms with Gasteiger partial charge in [-0.05, 0) is 48.2 Å². The van der Waals surface area contributed by atoms with Gasteiger partial charge in [0.25, 0.3) is 11.8 Å². The second-order valence-corrected chi connectivity index (χ2v) is 9.17. The Morgan fingerprint density at radius 2 is 1.64 bits per heavy atom. The minimum atomic E-state index is -0.264. The molecule has 0 fully saturated rings. The maximum Gasteiger partial charge on any atom is 0.268 e. The van der Waals surface area contributed by atoms with E-state index < -0.39 is 0 Å². The molecule has 2 amide bonds. The maximum absolute atomic E-state index is 13.6. The maximum atomic E-state index is 13.6. The van der Waals surface area contributed by atoms with Crippen LogP contribution in [0.4, 0.5) is 0 Å². The van der Waals surface area contributed by atoms with Crippen LogP contribution in [-0.4, -0.2) is 23.5 Å². The van der Waals surface area contributed by atoms with Crippen LogP contribution in [0.3, 0.4) is 0 Å². The summed E-state index contributed by atoms with van der Waals surface area (Å²) < 4.78 is 10.8. The van der Waals surface area contributed by atoms with Crippen molar-refractivity contribution in [3.63, 3.8) is 0 Å². The Labute approximate surface area is 197 Å². The van der Waals surface area contributed by atoms with Gasteiger partial charge in [-0.25, -0.2) is 0 Å². The van der Waals surface area contributed by atoms with Gasteiger partial charge in [0.2, 0.25) is 6.79 Å². The molecule has 2 aliphatic rings. The van der Waals surface area contributed by atoms with E-state index in [2.05, 4.69) is 0 Å². The number of carbonyl (C=O) groups excluding carboxylic acids is 2. The first-order valence-corrected chi connectivity index (χ1v) is 11.7. The van der Waals surface area contributed by atoms with Crippen molar-refractivity contribution in [2.75, 3.05) is 6.79 Å². The fourth-order valence-corrected chi connectivity index (χ4v) is 5.19. The van der Waals surface area contributed by atoms with E-state index in [1.54, 1.807) is 0 Å². The number of fused-ring (bicyclic) bond motifs is 1. The predicted molar refractivity (Wildman–Crippen MR) is 129 cm³/mol. The fourth-order valence-electron chi connectivity index (χ4n) is 4.11. The summed E-state index contributed by atoms with van der Waals surface area (Å²) in [5, 5.41) is 0. The van der Waals surface area contributed by atoms with Crippen molar-refractivity contribution < 1.29 is 19.1 Å². The molecule has 3 aromatic rings. The van der Waals surface area contributed by atoms with Crippen molar-refractivity contribution in [1.29, 1.82) is 0 Å². The summed E-state index contributed by atoms with van der Waals surface area (Å²) in [5.41, 5.74) is 5.31. The summed E-state index contributed by atoms with van der Waals surface area (Å²) in [6.07, 6.45) is 0. The Morgan fingerprint density at radius 3 is 2.42 bits per heavy atom. The first-order valence-electron chi connectivity index (χ1n) is 10.7. The van der Waals surface area contributed by atoms with E-state index in [0.717, 1.165) is 27.8 Å². The van der Waals surface area contributed by atoms with Crippen LogP contribution >= 0.6 is 11.8 Å². The Morgan fingerprint density at radius 1 is 0.848 bits per heavy atom. The van der Waals surface area contributed by atoms with Crippen LogP contribution in [0, 0.1) is 13.8 Å². The molecule has 0 aromatic heterocycles. The van der Waals surface area contributed by atoms with Gasteiger partial charge >= 0.3 is 0 Å². The summed E-state index contributed by atoms with van der Waals surface area (Å²) in [6.45, 7) is 4.36. The number of amides is 2. The number of ether oxygens (including phenoxy) is 2. The zero-order valence-electron chi connectivity index (χ0n) is 18.5. The van der Waals surface area contributed by atoms with Crippen molar-refractivity contribution in [3.8, 4) is 11.5 Å². The summed E-state index contributed by atoms with van der Waals surface area (Å²) in [7, 11) is 0. The van der Waals surface area contributed by atoms with Gasteiger partial charge in [-0.2, -0.15) is 0 Å². The Hall–Kier alpha value is -3.51. The summed E-state index contributed by atoms with van der Waals surface area (Å²) in [4.78, 5) is 28.9. The van der Waals surface area contributed by atoms with Crippen molar-refractivity contribution in [1.82, 2.24) is 4.90 Å². The average Bonchev–Trinajstić information content (AvgIpc) is 3.37. The third kappa shape index (κ3) is 4.14. The zero-order chi connectivity index (χ0) is 22.9. The smallest absolute Gasteiger partial charge is 0.268 e. The Bertz CT molecular complexity index is 1280. The van der Waals surface area contributed by atoms with Crippen LogP contribution in [0.15, 0.2) is 71.6 Å². The molecule has 0 saturated heterocycles. The van der Waals surface area contributed by atoms with E-state index in [0.29, 0.717) is 27.7 Å². The lowest BCUT2D eigenvalue weighted by atomic mass is 9.99. The van der Waals surface area contributed by atoms with Crippen LogP contribution in [-0.2, 0) is 21.9 Å². The molecule has 3 aromatic carbocycles. The van der Waals surface area contributed by atoms with Crippen molar-refractivity contribution in [3.05, 3.63) is 99.5 Å². The number of hydrogen-bond donors (Lipinski definition) is 0. The van der Waals surface area contributed by atoms with Crippen LogP contribution < -0.4 is 9.47 Å². The van der Waals surface area contributed by atoms with Crippen LogP contribution in [0.5, 0.6) is 11.5 Å². The van der Waals surface area contributed by atoms with Crippen LogP contribution in [0.25, 0.3) is 5.57 Å². The fraction of sp³-hybridized carbons (Fsp3) is 0.185. The van der Waals surface area contributed by atoms with Gasteiger partial charge in [-0.3, -0.25) is 14.5 Å². The number of rotatable bonds is 6. The molecule has 5 rings (SSSR count). The van der Waals surface area contributed by atoms with Crippen molar-refractivity contribution in [2.24, 2.45) is 0 Å². The monoisotopic (exact) mass is 457 g/mol. The SMILES string of the molecule is Cc1ccc(C2=C(SCc3ccccc3)C(=O)N(Cc3ccc4c(c3)OCO4)C2=O)c(C)c1. The molecule has 33 heavy (non-hydrogen) atoms. The number of carbonyl (C=O) groups is 2. The van der Waals surface area contributed by atoms with E-state index in [9.17, 15) is 9.59 Å². The van der Waals surface area contributed by atoms with E-state index in [1.165, 1.54) is 16.7 Å². The first-order chi connectivity index (χ1) is 16.0. The molecule has 2 heterocycles. The third-order valence-electron chi connectivity index (χ3n) is 5.78. The molecule has 5 nitrogen and oxygen atoms in total. The quantitative estimate of drug-likeness (QED) is 0.474. The summed E-state index contributed by atoms with van der Waals surface area (Å²) >= 11 is 1.42.